The van der Waals surface area contributed by atoms with Crippen molar-refractivity contribution in [3.63, 3.8) is 0 Å². The highest BCUT2D eigenvalue weighted by atomic mass is 19.1. The van der Waals surface area contributed by atoms with Gasteiger partial charge < -0.3 is 15.5 Å². The van der Waals surface area contributed by atoms with Gasteiger partial charge in [0.2, 0.25) is 5.91 Å². The maximum Gasteiger partial charge on any atom is 0.272 e. The number of pyridine rings is 1. The van der Waals surface area contributed by atoms with Gasteiger partial charge in [-0.15, -0.1) is 0 Å². The number of halogens is 1. The van der Waals surface area contributed by atoms with Gasteiger partial charge in [-0.1, -0.05) is 12.1 Å². The third-order valence-corrected chi connectivity index (χ3v) is 4.88. The predicted octanol–water partition coefficient (Wildman–Crippen LogP) is 2.36. The summed E-state index contributed by atoms with van der Waals surface area (Å²) < 4.78 is 13.5. The maximum atomic E-state index is 13.5. The number of likely N-dealkylation sites (N-methyl/N-ethyl adjacent to an activating group) is 1. The number of amides is 2. The van der Waals surface area contributed by atoms with Crippen LogP contribution in [0.5, 0.6) is 0 Å². The number of rotatable bonds is 4. The largest absolute Gasteiger partial charge is 0.371 e. The highest BCUT2D eigenvalue weighted by Crippen LogP contribution is 2.28. The summed E-state index contributed by atoms with van der Waals surface area (Å²) in [6.45, 7) is 2.65. The minimum atomic E-state index is -0.890. The summed E-state index contributed by atoms with van der Waals surface area (Å²) in [5.41, 5.74) is 0.837. The average Bonchev–Trinajstić information content (AvgIpc) is 2.67. The standard InChI is InChI=1S/C20H23FN4O2/c1-14-5-3-8-17(23-14)18(26)25-11-9-20(10-12-25,19(27)22-2)24-16-7-4-6-15(21)13-16/h3-8,13,24H,9-12H2,1-2H3,(H,22,27). The number of benzene rings is 1. The lowest BCUT2D eigenvalue weighted by Crippen LogP contribution is -2.58. The highest BCUT2D eigenvalue weighted by Gasteiger charge is 2.42. The number of aromatic nitrogens is 1. The van der Waals surface area contributed by atoms with Gasteiger partial charge in [0.05, 0.1) is 0 Å². The van der Waals surface area contributed by atoms with Crippen LogP contribution < -0.4 is 10.6 Å². The summed E-state index contributed by atoms with van der Waals surface area (Å²) in [4.78, 5) is 31.3. The van der Waals surface area contributed by atoms with Crippen molar-refractivity contribution in [1.82, 2.24) is 15.2 Å². The van der Waals surface area contributed by atoms with E-state index in [1.165, 1.54) is 12.1 Å². The molecule has 3 rings (SSSR count). The first-order valence-electron chi connectivity index (χ1n) is 8.92. The summed E-state index contributed by atoms with van der Waals surface area (Å²) >= 11 is 0. The molecule has 2 amide bonds. The maximum absolute atomic E-state index is 13.5. The van der Waals surface area contributed by atoms with Crippen LogP contribution in [0.4, 0.5) is 10.1 Å². The van der Waals surface area contributed by atoms with Crippen LogP contribution in [0.3, 0.4) is 0 Å². The molecule has 0 atom stereocenters. The molecule has 1 aliphatic heterocycles. The number of anilines is 1. The molecule has 2 N–H and O–H groups in total. The Bertz CT molecular complexity index is 847. The molecule has 0 spiro atoms. The number of nitrogens with zero attached hydrogens (tertiary/aromatic N) is 2. The third-order valence-electron chi connectivity index (χ3n) is 4.88. The van der Waals surface area contributed by atoms with Crippen molar-refractivity contribution in [2.24, 2.45) is 0 Å². The van der Waals surface area contributed by atoms with Gasteiger partial charge >= 0.3 is 0 Å². The van der Waals surface area contributed by atoms with Crippen molar-refractivity contribution in [2.75, 3.05) is 25.5 Å². The second-order valence-electron chi connectivity index (χ2n) is 6.75. The first-order valence-corrected chi connectivity index (χ1v) is 8.92. The zero-order valence-electron chi connectivity index (χ0n) is 15.5. The average molecular weight is 370 g/mol. The molecule has 27 heavy (non-hydrogen) atoms. The molecular weight excluding hydrogens is 347 g/mol. The number of piperidine rings is 1. The van der Waals surface area contributed by atoms with E-state index in [9.17, 15) is 14.0 Å². The second-order valence-corrected chi connectivity index (χ2v) is 6.75. The van der Waals surface area contributed by atoms with Crippen molar-refractivity contribution in [1.29, 1.82) is 0 Å². The lowest BCUT2D eigenvalue weighted by molar-refractivity contribution is -0.126. The lowest BCUT2D eigenvalue weighted by atomic mass is 9.85. The summed E-state index contributed by atoms with van der Waals surface area (Å²) in [7, 11) is 1.57. The van der Waals surface area contributed by atoms with Gasteiger partial charge in [0.25, 0.3) is 5.91 Å². The van der Waals surface area contributed by atoms with Crippen LogP contribution in [-0.4, -0.2) is 47.4 Å². The topological polar surface area (TPSA) is 74.3 Å². The molecule has 0 aliphatic carbocycles. The van der Waals surface area contributed by atoms with Crippen LogP contribution in [0.2, 0.25) is 0 Å². The lowest BCUT2D eigenvalue weighted by Gasteiger charge is -2.41. The van der Waals surface area contributed by atoms with E-state index in [0.717, 1.165) is 5.69 Å². The molecule has 1 saturated heterocycles. The van der Waals surface area contributed by atoms with Crippen LogP contribution in [0, 0.1) is 12.7 Å². The van der Waals surface area contributed by atoms with Crippen molar-refractivity contribution in [2.45, 2.75) is 25.3 Å². The van der Waals surface area contributed by atoms with Gasteiger partial charge in [0, 0.05) is 31.5 Å². The van der Waals surface area contributed by atoms with Gasteiger partial charge in [0.1, 0.15) is 17.1 Å². The molecular formula is C20H23FN4O2. The summed E-state index contributed by atoms with van der Waals surface area (Å²) in [6, 6.07) is 11.4. The van der Waals surface area contributed by atoms with Crippen molar-refractivity contribution in [3.05, 3.63) is 59.7 Å². The van der Waals surface area contributed by atoms with Crippen molar-refractivity contribution in [3.8, 4) is 0 Å². The van der Waals surface area contributed by atoms with Gasteiger partial charge in [-0.2, -0.15) is 0 Å². The fourth-order valence-corrected chi connectivity index (χ4v) is 3.41. The normalized spacial score (nSPS) is 15.9. The minimum absolute atomic E-state index is 0.144. The van der Waals surface area contributed by atoms with E-state index in [2.05, 4.69) is 15.6 Å². The molecule has 1 aromatic carbocycles. The highest BCUT2D eigenvalue weighted by molar-refractivity contribution is 5.93. The van der Waals surface area contributed by atoms with Gasteiger partial charge in [0.15, 0.2) is 0 Å². The van der Waals surface area contributed by atoms with Crippen LogP contribution in [0.1, 0.15) is 29.0 Å². The number of likely N-dealkylation sites (tertiary alicyclic amines) is 1. The van der Waals surface area contributed by atoms with Gasteiger partial charge in [-0.25, -0.2) is 9.37 Å². The molecule has 6 nitrogen and oxygen atoms in total. The monoisotopic (exact) mass is 370 g/mol. The van der Waals surface area contributed by atoms with Crippen LogP contribution in [0.25, 0.3) is 0 Å². The number of hydrogen-bond acceptors (Lipinski definition) is 4. The summed E-state index contributed by atoms with van der Waals surface area (Å²) in [5, 5.41) is 5.87. The SMILES string of the molecule is CNC(=O)C1(Nc2cccc(F)c2)CCN(C(=O)c2cccc(C)n2)CC1. The first kappa shape index (κ1) is 18.8. The number of carbonyl (C=O) groups is 2. The van der Waals surface area contributed by atoms with Crippen molar-refractivity contribution < 1.29 is 14.0 Å². The van der Waals surface area contributed by atoms with E-state index >= 15 is 0 Å². The quantitative estimate of drug-likeness (QED) is 0.867. The molecule has 1 aliphatic rings. The summed E-state index contributed by atoms with van der Waals surface area (Å²) in [5.74, 6) is -0.687. The number of hydrogen-bond donors (Lipinski definition) is 2. The fourth-order valence-electron chi connectivity index (χ4n) is 3.41. The Hall–Kier alpha value is -2.96. The Kier molecular flexibility index (Phi) is 5.39. The Balaban J connectivity index is 1.76. The van der Waals surface area contributed by atoms with Gasteiger partial charge in [-0.3, -0.25) is 9.59 Å². The Labute approximate surface area is 157 Å². The Morgan fingerprint density at radius 2 is 1.85 bits per heavy atom. The molecule has 0 saturated carbocycles. The molecule has 1 fully saturated rings. The third kappa shape index (κ3) is 4.07. The molecule has 0 bridgehead atoms. The number of carbonyl (C=O) groups excluding carboxylic acids is 2. The van der Waals surface area contributed by atoms with Crippen molar-refractivity contribution >= 4 is 17.5 Å². The minimum Gasteiger partial charge on any atom is -0.371 e. The van der Waals surface area contributed by atoms with E-state index in [4.69, 9.17) is 0 Å². The van der Waals surface area contributed by atoms with E-state index in [1.807, 2.05) is 13.0 Å². The van der Waals surface area contributed by atoms with Crippen LogP contribution in [-0.2, 0) is 4.79 Å². The molecule has 1 aromatic heterocycles. The molecule has 7 heteroatoms. The van der Waals surface area contributed by atoms with E-state index in [1.54, 1.807) is 36.2 Å². The van der Waals surface area contributed by atoms with Crippen LogP contribution in [0.15, 0.2) is 42.5 Å². The molecule has 2 aromatic rings. The van der Waals surface area contributed by atoms with E-state index in [0.29, 0.717) is 37.3 Å². The molecule has 0 unspecified atom stereocenters. The molecule has 0 radical (unpaired) electrons. The molecule has 2 heterocycles. The Morgan fingerprint density at radius 1 is 1.15 bits per heavy atom. The second kappa shape index (κ2) is 7.73. The first-order chi connectivity index (χ1) is 12.9. The zero-order valence-corrected chi connectivity index (χ0v) is 15.5. The molecule has 142 valence electrons. The predicted molar refractivity (Wildman–Crippen MR) is 101 cm³/mol. The number of nitrogens with one attached hydrogen (secondary N) is 2. The summed E-state index contributed by atoms with van der Waals surface area (Å²) in [6.07, 6.45) is 0.835. The smallest absolute Gasteiger partial charge is 0.272 e. The van der Waals surface area contributed by atoms with E-state index in [-0.39, 0.29) is 17.6 Å². The van der Waals surface area contributed by atoms with Gasteiger partial charge in [-0.05, 0) is 50.1 Å². The van der Waals surface area contributed by atoms with Crippen LogP contribution >= 0.6 is 0 Å². The van der Waals surface area contributed by atoms with E-state index < -0.39 is 5.54 Å². The number of aryl methyl sites for hydroxylation is 1. The fraction of sp³-hybridized carbons (Fsp3) is 0.350. The Morgan fingerprint density at radius 3 is 2.48 bits per heavy atom. The zero-order chi connectivity index (χ0) is 19.4.